The Kier molecular flexibility index (Phi) is 6.83. The first kappa shape index (κ1) is 23.0. The molecule has 0 bridgehead atoms. The van der Waals surface area contributed by atoms with Crippen LogP contribution in [0.15, 0.2) is 42.9 Å². The third-order valence-corrected chi connectivity index (χ3v) is 5.82. The molecule has 1 aromatic carbocycles. The van der Waals surface area contributed by atoms with Crippen LogP contribution in [0, 0.1) is 17.6 Å². The number of carbonyl (C=O) groups is 1. The highest BCUT2D eigenvalue weighted by atomic mass is 35.5. The van der Waals surface area contributed by atoms with E-state index in [0.29, 0.717) is 71.9 Å². The zero-order valence-corrected chi connectivity index (χ0v) is 19.2. The van der Waals surface area contributed by atoms with Crippen LogP contribution in [0.25, 0.3) is 22.5 Å². The second kappa shape index (κ2) is 9.79. The Hall–Kier alpha value is -3.13. The van der Waals surface area contributed by atoms with Gasteiger partial charge in [0.1, 0.15) is 11.5 Å². The molecule has 1 aliphatic heterocycles. The second-order valence-corrected chi connectivity index (χ2v) is 8.78. The standard InChI is InChI=1S/C24H24ClF2N5O/c1-15(2)11-22(33)32-9-7-31(8-10-32)21-14-29-23(16-3-4-19(26)20(27)12-16)24(30-21)17-5-6-28-13-18(17)25/h3-6,12-15H,7-11H2,1-2H3. The Labute approximate surface area is 196 Å². The molecule has 9 heteroatoms. The first-order valence-corrected chi connectivity index (χ1v) is 11.2. The van der Waals surface area contributed by atoms with Crippen molar-refractivity contribution in [1.29, 1.82) is 0 Å². The number of benzene rings is 1. The topological polar surface area (TPSA) is 62.2 Å². The Morgan fingerprint density at radius 1 is 1.06 bits per heavy atom. The molecule has 1 saturated heterocycles. The minimum absolute atomic E-state index is 0.161. The van der Waals surface area contributed by atoms with Crippen molar-refractivity contribution in [2.24, 2.45) is 5.92 Å². The second-order valence-electron chi connectivity index (χ2n) is 8.38. The van der Waals surface area contributed by atoms with E-state index in [1.165, 1.54) is 12.3 Å². The Morgan fingerprint density at radius 3 is 2.48 bits per heavy atom. The fourth-order valence-corrected chi connectivity index (χ4v) is 4.01. The first-order valence-electron chi connectivity index (χ1n) is 10.8. The number of carbonyl (C=O) groups excluding carboxylic acids is 1. The van der Waals surface area contributed by atoms with Gasteiger partial charge in [0.05, 0.1) is 16.9 Å². The lowest BCUT2D eigenvalue weighted by atomic mass is 10.0. The summed E-state index contributed by atoms with van der Waals surface area (Å²) in [5.74, 6) is -0.796. The van der Waals surface area contributed by atoms with Gasteiger partial charge in [-0.3, -0.25) is 14.8 Å². The van der Waals surface area contributed by atoms with Crippen molar-refractivity contribution < 1.29 is 13.6 Å². The lowest BCUT2D eigenvalue weighted by molar-refractivity contribution is -0.132. The molecule has 3 heterocycles. The molecule has 172 valence electrons. The lowest BCUT2D eigenvalue weighted by Crippen LogP contribution is -2.49. The van der Waals surface area contributed by atoms with Crippen LogP contribution in [0.1, 0.15) is 20.3 Å². The molecule has 0 saturated carbocycles. The quantitative estimate of drug-likeness (QED) is 0.533. The van der Waals surface area contributed by atoms with Gasteiger partial charge in [-0.05, 0) is 30.2 Å². The van der Waals surface area contributed by atoms with Gasteiger partial charge in [-0.15, -0.1) is 0 Å². The Morgan fingerprint density at radius 2 is 1.82 bits per heavy atom. The van der Waals surface area contributed by atoms with Gasteiger partial charge < -0.3 is 9.80 Å². The minimum atomic E-state index is -0.965. The zero-order valence-electron chi connectivity index (χ0n) is 18.4. The average Bonchev–Trinajstić information content (AvgIpc) is 2.80. The fourth-order valence-electron chi connectivity index (χ4n) is 3.81. The fraction of sp³-hybridized carbons (Fsp3) is 0.333. The molecule has 1 amide bonds. The van der Waals surface area contributed by atoms with Gasteiger partial charge in [-0.1, -0.05) is 25.4 Å². The number of hydrogen-bond donors (Lipinski definition) is 0. The third kappa shape index (κ3) is 5.11. The predicted octanol–water partition coefficient (Wildman–Crippen LogP) is 4.83. The SMILES string of the molecule is CC(C)CC(=O)N1CCN(c2cnc(-c3ccc(F)c(F)c3)c(-c3ccncc3Cl)n2)CC1. The van der Waals surface area contributed by atoms with E-state index in [1.54, 1.807) is 18.5 Å². The van der Waals surface area contributed by atoms with Crippen LogP contribution in [0.4, 0.5) is 14.6 Å². The van der Waals surface area contributed by atoms with E-state index in [4.69, 9.17) is 16.6 Å². The molecule has 1 fully saturated rings. The van der Waals surface area contributed by atoms with Gasteiger partial charge in [0, 0.05) is 56.1 Å². The molecule has 1 aliphatic rings. The third-order valence-electron chi connectivity index (χ3n) is 5.52. The molecular formula is C24H24ClF2N5O. The summed E-state index contributed by atoms with van der Waals surface area (Å²) in [6.45, 7) is 6.50. The highest BCUT2D eigenvalue weighted by Gasteiger charge is 2.24. The summed E-state index contributed by atoms with van der Waals surface area (Å²) in [6.07, 6.45) is 5.23. The molecule has 33 heavy (non-hydrogen) atoms. The van der Waals surface area contributed by atoms with Crippen LogP contribution in [0.2, 0.25) is 5.02 Å². The van der Waals surface area contributed by atoms with E-state index in [0.717, 1.165) is 12.1 Å². The summed E-state index contributed by atoms with van der Waals surface area (Å²) in [5.41, 5.74) is 1.81. The van der Waals surface area contributed by atoms with Crippen LogP contribution in [-0.4, -0.2) is 51.9 Å². The van der Waals surface area contributed by atoms with E-state index < -0.39 is 11.6 Å². The maximum atomic E-state index is 13.9. The molecule has 0 unspecified atom stereocenters. The summed E-state index contributed by atoms with van der Waals surface area (Å²) in [4.78, 5) is 29.7. The molecule has 0 N–H and O–H groups in total. The zero-order chi connectivity index (χ0) is 23.5. The maximum absolute atomic E-state index is 13.9. The van der Waals surface area contributed by atoms with Gasteiger partial charge in [0.15, 0.2) is 11.6 Å². The van der Waals surface area contributed by atoms with Gasteiger partial charge in [0.25, 0.3) is 0 Å². The minimum Gasteiger partial charge on any atom is -0.352 e. The van der Waals surface area contributed by atoms with Gasteiger partial charge in [0.2, 0.25) is 5.91 Å². The van der Waals surface area contributed by atoms with E-state index >= 15 is 0 Å². The van der Waals surface area contributed by atoms with Crippen molar-refractivity contribution in [2.45, 2.75) is 20.3 Å². The summed E-state index contributed by atoms with van der Waals surface area (Å²) < 4.78 is 27.4. The molecule has 4 rings (SSSR count). The Bertz CT molecular complexity index is 1170. The van der Waals surface area contributed by atoms with E-state index in [1.807, 2.05) is 18.7 Å². The van der Waals surface area contributed by atoms with Crippen molar-refractivity contribution >= 4 is 23.3 Å². The number of pyridine rings is 1. The number of anilines is 1. The molecule has 0 aliphatic carbocycles. The number of halogens is 3. The van der Waals surface area contributed by atoms with Crippen molar-refractivity contribution in [3.8, 4) is 22.5 Å². The molecule has 0 atom stereocenters. The predicted molar refractivity (Wildman–Crippen MR) is 124 cm³/mol. The monoisotopic (exact) mass is 471 g/mol. The van der Waals surface area contributed by atoms with Gasteiger partial charge >= 0.3 is 0 Å². The highest BCUT2D eigenvalue weighted by Crippen LogP contribution is 2.34. The number of nitrogens with zero attached hydrogens (tertiary/aromatic N) is 5. The van der Waals surface area contributed by atoms with Gasteiger partial charge in [-0.25, -0.2) is 13.8 Å². The molecular weight excluding hydrogens is 448 g/mol. The largest absolute Gasteiger partial charge is 0.352 e. The van der Waals surface area contributed by atoms with Crippen LogP contribution < -0.4 is 4.90 Å². The normalized spacial score (nSPS) is 14.1. The van der Waals surface area contributed by atoms with Crippen LogP contribution >= 0.6 is 11.6 Å². The van der Waals surface area contributed by atoms with E-state index in [9.17, 15) is 13.6 Å². The smallest absolute Gasteiger partial charge is 0.222 e. The summed E-state index contributed by atoms with van der Waals surface area (Å²) >= 11 is 6.39. The van der Waals surface area contributed by atoms with E-state index in [2.05, 4.69) is 14.9 Å². The highest BCUT2D eigenvalue weighted by molar-refractivity contribution is 6.33. The van der Waals surface area contributed by atoms with Crippen LogP contribution in [0.3, 0.4) is 0 Å². The Balaban J connectivity index is 1.66. The number of hydrogen-bond acceptors (Lipinski definition) is 5. The molecule has 0 radical (unpaired) electrons. The van der Waals surface area contributed by atoms with Crippen molar-refractivity contribution in [1.82, 2.24) is 19.9 Å². The average molecular weight is 472 g/mol. The number of rotatable bonds is 5. The molecule has 6 nitrogen and oxygen atoms in total. The first-order chi connectivity index (χ1) is 15.8. The number of aromatic nitrogens is 3. The summed E-state index contributed by atoms with van der Waals surface area (Å²) in [5, 5.41) is 0.372. The van der Waals surface area contributed by atoms with Crippen LogP contribution in [-0.2, 0) is 4.79 Å². The number of amides is 1. The maximum Gasteiger partial charge on any atom is 0.222 e. The molecule has 2 aromatic heterocycles. The van der Waals surface area contributed by atoms with Crippen molar-refractivity contribution in [2.75, 3.05) is 31.1 Å². The lowest BCUT2D eigenvalue weighted by Gasteiger charge is -2.35. The van der Waals surface area contributed by atoms with Crippen molar-refractivity contribution in [3.05, 3.63) is 59.5 Å². The number of piperazine rings is 1. The van der Waals surface area contributed by atoms with Crippen LogP contribution in [0.5, 0.6) is 0 Å². The van der Waals surface area contributed by atoms with E-state index in [-0.39, 0.29) is 5.91 Å². The summed E-state index contributed by atoms with van der Waals surface area (Å²) in [6, 6.07) is 5.32. The van der Waals surface area contributed by atoms with Crippen molar-refractivity contribution in [3.63, 3.8) is 0 Å². The summed E-state index contributed by atoms with van der Waals surface area (Å²) in [7, 11) is 0. The van der Waals surface area contributed by atoms with Gasteiger partial charge in [-0.2, -0.15) is 0 Å². The molecule has 0 spiro atoms. The molecule has 3 aromatic rings.